The van der Waals surface area contributed by atoms with Crippen LogP contribution in [0.15, 0.2) is 42.6 Å². The topological polar surface area (TPSA) is 80.5 Å². The maximum absolute atomic E-state index is 12.1. The van der Waals surface area contributed by atoms with Crippen molar-refractivity contribution in [3.05, 3.63) is 53.7 Å². The van der Waals surface area contributed by atoms with Crippen LogP contribution < -0.4 is 16.0 Å². The third-order valence-electron chi connectivity index (χ3n) is 4.18. The van der Waals surface area contributed by atoms with Crippen molar-refractivity contribution < 1.29 is 9.53 Å². The molecule has 7 heteroatoms. The number of pyridine rings is 1. The number of carbonyl (C=O) groups is 1. The Bertz CT molecular complexity index is 711. The van der Waals surface area contributed by atoms with Crippen molar-refractivity contribution >= 4 is 29.8 Å². The first kappa shape index (κ1) is 20.0. The minimum Gasteiger partial charge on any atom is -0.399 e. The van der Waals surface area contributed by atoms with Crippen LogP contribution in [0, 0.1) is 0 Å². The lowest BCUT2D eigenvalue weighted by atomic mass is 10.2. The molecule has 0 spiro atoms. The lowest BCUT2D eigenvalue weighted by molar-refractivity contribution is -0.00546. The van der Waals surface area contributed by atoms with Crippen LogP contribution in [-0.2, 0) is 11.3 Å². The fraction of sp³-hybridized carbons (Fsp3) is 0.368. The normalized spacial score (nSPS) is 19.5. The monoisotopic (exact) mass is 376 g/mol. The molecule has 2 aromatic rings. The second-order valence-corrected chi connectivity index (χ2v) is 6.49. The number of amides is 1. The van der Waals surface area contributed by atoms with Crippen molar-refractivity contribution in [2.45, 2.75) is 32.6 Å². The van der Waals surface area contributed by atoms with Gasteiger partial charge in [0.15, 0.2) is 0 Å². The number of nitrogen functional groups attached to an aromatic ring is 1. The Morgan fingerprint density at radius 1 is 1.19 bits per heavy atom. The standard InChI is InChI=1S/C19H24N4O2.ClH/c1-13-11-23(12-14(2)25-13)18-8-3-15(9-21-18)10-22-19(24)16-4-6-17(20)7-5-16;/h3-9,13-14H,10-12,20H2,1-2H3,(H,22,24);1H. The Hall–Kier alpha value is -2.31. The summed E-state index contributed by atoms with van der Waals surface area (Å²) in [6, 6.07) is 10.9. The van der Waals surface area contributed by atoms with Crippen LogP contribution in [0.2, 0.25) is 0 Å². The minimum atomic E-state index is -0.125. The molecule has 26 heavy (non-hydrogen) atoms. The van der Waals surface area contributed by atoms with Gasteiger partial charge in [-0.25, -0.2) is 4.98 Å². The zero-order valence-electron chi connectivity index (χ0n) is 15.0. The molecule has 140 valence electrons. The Morgan fingerprint density at radius 3 is 2.42 bits per heavy atom. The van der Waals surface area contributed by atoms with Crippen molar-refractivity contribution in [1.82, 2.24) is 10.3 Å². The highest BCUT2D eigenvalue weighted by Crippen LogP contribution is 2.18. The average molecular weight is 377 g/mol. The zero-order valence-corrected chi connectivity index (χ0v) is 15.8. The van der Waals surface area contributed by atoms with E-state index in [0.717, 1.165) is 24.5 Å². The lowest BCUT2D eigenvalue weighted by Crippen LogP contribution is -2.45. The molecular weight excluding hydrogens is 352 g/mol. The largest absolute Gasteiger partial charge is 0.399 e. The van der Waals surface area contributed by atoms with Crippen LogP contribution in [0.3, 0.4) is 0 Å². The highest BCUT2D eigenvalue weighted by atomic mass is 35.5. The SMILES string of the molecule is CC1CN(c2ccc(CNC(=O)c3ccc(N)cc3)cn2)CC(C)O1.Cl. The summed E-state index contributed by atoms with van der Waals surface area (Å²) in [6.07, 6.45) is 2.21. The Balaban J connectivity index is 0.00000243. The van der Waals surface area contributed by atoms with Crippen molar-refractivity contribution in [3.8, 4) is 0 Å². The highest BCUT2D eigenvalue weighted by Gasteiger charge is 2.22. The van der Waals surface area contributed by atoms with Crippen LogP contribution in [0.4, 0.5) is 11.5 Å². The van der Waals surface area contributed by atoms with Crippen molar-refractivity contribution in [2.24, 2.45) is 0 Å². The lowest BCUT2D eigenvalue weighted by Gasteiger charge is -2.36. The Kier molecular flexibility index (Phi) is 6.83. The second-order valence-electron chi connectivity index (χ2n) is 6.49. The summed E-state index contributed by atoms with van der Waals surface area (Å²) in [6.45, 7) is 6.26. The van der Waals surface area contributed by atoms with Gasteiger partial charge in [0, 0.05) is 37.1 Å². The molecule has 2 heterocycles. The number of nitrogens with one attached hydrogen (secondary N) is 1. The summed E-state index contributed by atoms with van der Waals surface area (Å²) >= 11 is 0. The van der Waals surface area contributed by atoms with E-state index >= 15 is 0 Å². The van der Waals surface area contributed by atoms with Gasteiger partial charge in [0.1, 0.15) is 5.82 Å². The quantitative estimate of drug-likeness (QED) is 0.802. The fourth-order valence-electron chi connectivity index (χ4n) is 2.99. The first-order chi connectivity index (χ1) is 12.0. The van der Waals surface area contributed by atoms with E-state index in [2.05, 4.69) is 29.0 Å². The van der Waals surface area contributed by atoms with E-state index in [0.29, 0.717) is 17.8 Å². The molecule has 3 N–H and O–H groups in total. The van der Waals surface area contributed by atoms with Gasteiger partial charge in [0.2, 0.25) is 0 Å². The number of carbonyl (C=O) groups excluding carboxylic acids is 1. The molecule has 1 aliphatic heterocycles. The number of halogens is 1. The van der Waals surface area contributed by atoms with Gasteiger partial charge in [-0.15, -0.1) is 12.4 Å². The van der Waals surface area contributed by atoms with E-state index in [1.807, 2.05) is 18.3 Å². The first-order valence-electron chi connectivity index (χ1n) is 8.50. The molecule has 2 atom stereocenters. The first-order valence-corrected chi connectivity index (χ1v) is 8.50. The van der Waals surface area contributed by atoms with Crippen molar-refractivity contribution in [3.63, 3.8) is 0 Å². The van der Waals surface area contributed by atoms with Gasteiger partial charge in [-0.2, -0.15) is 0 Å². The Morgan fingerprint density at radius 2 is 1.85 bits per heavy atom. The maximum Gasteiger partial charge on any atom is 0.251 e. The molecular formula is C19H25ClN4O2. The number of aromatic nitrogens is 1. The van der Waals surface area contributed by atoms with E-state index in [1.165, 1.54) is 0 Å². The van der Waals surface area contributed by atoms with E-state index in [-0.39, 0.29) is 30.5 Å². The maximum atomic E-state index is 12.1. The predicted octanol–water partition coefficient (Wildman–Crippen LogP) is 2.63. The van der Waals surface area contributed by atoms with Gasteiger partial charge < -0.3 is 20.7 Å². The molecule has 1 aliphatic rings. The third-order valence-corrected chi connectivity index (χ3v) is 4.18. The Labute approximate surface area is 160 Å². The summed E-state index contributed by atoms with van der Waals surface area (Å²) in [4.78, 5) is 18.9. The number of anilines is 2. The molecule has 0 bridgehead atoms. The molecule has 2 unspecified atom stereocenters. The molecule has 1 saturated heterocycles. The van der Waals surface area contributed by atoms with E-state index in [9.17, 15) is 4.79 Å². The summed E-state index contributed by atoms with van der Waals surface area (Å²) < 4.78 is 5.75. The number of morpholine rings is 1. The number of ether oxygens (including phenoxy) is 1. The summed E-state index contributed by atoms with van der Waals surface area (Å²) in [5.74, 6) is 0.815. The molecule has 6 nitrogen and oxygen atoms in total. The zero-order chi connectivity index (χ0) is 17.8. The summed E-state index contributed by atoms with van der Waals surface area (Å²) in [5.41, 5.74) is 7.83. The number of hydrogen-bond donors (Lipinski definition) is 2. The van der Waals surface area contributed by atoms with Crippen LogP contribution in [-0.4, -0.2) is 36.2 Å². The molecule has 1 aromatic carbocycles. The second kappa shape index (κ2) is 8.87. The van der Waals surface area contributed by atoms with E-state index in [1.54, 1.807) is 24.3 Å². The smallest absolute Gasteiger partial charge is 0.251 e. The summed E-state index contributed by atoms with van der Waals surface area (Å²) in [7, 11) is 0. The molecule has 3 rings (SSSR count). The van der Waals surface area contributed by atoms with Gasteiger partial charge in [-0.1, -0.05) is 6.07 Å². The predicted molar refractivity (Wildman–Crippen MR) is 106 cm³/mol. The number of rotatable bonds is 4. The number of nitrogens with two attached hydrogens (primary N) is 1. The van der Waals surface area contributed by atoms with Gasteiger partial charge in [-0.05, 0) is 49.7 Å². The molecule has 1 aromatic heterocycles. The van der Waals surface area contributed by atoms with Crippen LogP contribution in [0.1, 0.15) is 29.8 Å². The minimum absolute atomic E-state index is 0. The third kappa shape index (κ3) is 5.09. The van der Waals surface area contributed by atoms with Gasteiger partial charge in [0.25, 0.3) is 5.91 Å². The molecule has 0 radical (unpaired) electrons. The van der Waals surface area contributed by atoms with Gasteiger partial charge in [-0.3, -0.25) is 4.79 Å². The summed E-state index contributed by atoms with van der Waals surface area (Å²) in [5, 5.41) is 2.89. The average Bonchev–Trinajstić information content (AvgIpc) is 2.60. The van der Waals surface area contributed by atoms with Crippen LogP contribution in [0.25, 0.3) is 0 Å². The highest BCUT2D eigenvalue weighted by molar-refractivity contribution is 5.94. The van der Waals surface area contributed by atoms with Crippen LogP contribution >= 0.6 is 12.4 Å². The van der Waals surface area contributed by atoms with E-state index < -0.39 is 0 Å². The molecule has 0 aliphatic carbocycles. The molecule has 0 saturated carbocycles. The van der Waals surface area contributed by atoms with Crippen molar-refractivity contribution in [1.29, 1.82) is 0 Å². The number of nitrogens with zero attached hydrogens (tertiary/aromatic N) is 2. The molecule has 1 fully saturated rings. The van der Waals surface area contributed by atoms with Gasteiger partial charge >= 0.3 is 0 Å². The van der Waals surface area contributed by atoms with Crippen LogP contribution in [0.5, 0.6) is 0 Å². The molecule has 1 amide bonds. The van der Waals surface area contributed by atoms with E-state index in [4.69, 9.17) is 10.5 Å². The van der Waals surface area contributed by atoms with Gasteiger partial charge in [0.05, 0.1) is 12.2 Å². The fourth-order valence-corrected chi connectivity index (χ4v) is 2.99. The number of hydrogen-bond acceptors (Lipinski definition) is 5. The number of benzene rings is 1. The van der Waals surface area contributed by atoms with Crippen molar-refractivity contribution in [2.75, 3.05) is 23.7 Å².